The highest BCUT2D eigenvalue weighted by Gasteiger charge is 2.46. The second-order valence-corrected chi connectivity index (χ2v) is 10.8. The summed E-state index contributed by atoms with van der Waals surface area (Å²) >= 11 is 1.76. The molecule has 2 atom stereocenters. The maximum atomic E-state index is 13.6. The molecule has 0 N–H and O–H groups in total. The molecule has 1 aromatic carbocycles. The van der Waals surface area contributed by atoms with Crippen molar-refractivity contribution in [3.63, 3.8) is 0 Å². The normalized spacial score (nSPS) is 23.4. The molecule has 3 rings (SSSR count). The number of carbonyl (C=O) groups is 2. The Kier molecular flexibility index (Phi) is 6.98. The Morgan fingerprint density at radius 1 is 1.07 bits per heavy atom. The van der Waals surface area contributed by atoms with Crippen LogP contribution in [0.15, 0.2) is 24.3 Å². The minimum absolute atomic E-state index is 0.0410. The predicted molar refractivity (Wildman–Crippen MR) is 119 cm³/mol. The molecule has 2 fully saturated rings. The van der Waals surface area contributed by atoms with Crippen molar-refractivity contribution in [2.45, 2.75) is 89.7 Å². The predicted octanol–water partition coefficient (Wildman–Crippen LogP) is 5.40. The van der Waals surface area contributed by atoms with Crippen LogP contribution in [0, 0.1) is 5.92 Å². The summed E-state index contributed by atoms with van der Waals surface area (Å²) in [7, 11) is 0. The zero-order valence-corrected chi connectivity index (χ0v) is 19.3. The molecular formula is C24H35NO3S. The molecule has 1 aliphatic carbocycles. The number of carbonyl (C=O) groups excluding carboxylic acids is 2. The van der Waals surface area contributed by atoms with Crippen LogP contribution in [0.1, 0.15) is 82.6 Å². The highest BCUT2D eigenvalue weighted by Crippen LogP contribution is 2.41. The lowest BCUT2D eigenvalue weighted by Crippen LogP contribution is -2.49. The van der Waals surface area contributed by atoms with Crippen LogP contribution in [0.5, 0.6) is 0 Å². The van der Waals surface area contributed by atoms with Crippen LogP contribution < -0.4 is 0 Å². The minimum Gasteiger partial charge on any atom is -0.461 e. The van der Waals surface area contributed by atoms with Gasteiger partial charge in [0.05, 0.1) is 11.5 Å². The number of nitrogens with zero attached hydrogens (tertiary/aromatic N) is 1. The Balaban J connectivity index is 1.87. The molecule has 0 bridgehead atoms. The van der Waals surface area contributed by atoms with Crippen LogP contribution in [0.3, 0.4) is 0 Å². The molecule has 160 valence electrons. The first-order valence-corrected chi connectivity index (χ1v) is 12.0. The monoisotopic (exact) mass is 417 g/mol. The van der Waals surface area contributed by atoms with Crippen molar-refractivity contribution in [2.75, 3.05) is 5.75 Å². The fourth-order valence-corrected chi connectivity index (χ4v) is 5.95. The highest BCUT2D eigenvalue weighted by atomic mass is 32.2. The zero-order chi connectivity index (χ0) is 21.2. The summed E-state index contributed by atoms with van der Waals surface area (Å²) in [6, 6.07) is 7.40. The summed E-state index contributed by atoms with van der Waals surface area (Å²) in [4.78, 5) is 28.2. The average molecular weight is 418 g/mol. The van der Waals surface area contributed by atoms with Crippen molar-refractivity contribution in [1.82, 2.24) is 4.90 Å². The summed E-state index contributed by atoms with van der Waals surface area (Å²) in [5.74, 6) is 0.768. The Labute approximate surface area is 179 Å². The lowest BCUT2D eigenvalue weighted by Gasteiger charge is -2.35. The van der Waals surface area contributed by atoms with E-state index in [1.165, 1.54) is 24.8 Å². The highest BCUT2D eigenvalue weighted by molar-refractivity contribution is 8.00. The number of amides is 1. The molecular weight excluding hydrogens is 382 g/mol. The topological polar surface area (TPSA) is 46.6 Å². The molecule has 0 spiro atoms. The van der Waals surface area contributed by atoms with E-state index in [2.05, 4.69) is 20.8 Å². The van der Waals surface area contributed by atoms with Gasteiger partial charge in [0.1, 0.15) is 6.04 Å². The Morgan fingerprint density at radius 2 is 1.69 bits per heavy atom. The SMILES string of the molecule is CC(C)OC(=O)C1CSC(C2CCCCC2)N1C(=O)c1ccc(C(C)(C)C)cc1. The van der Waals surface area contributed by atoms with Crippen molar-refractivity contribution >= 4 is 23.6 Å². The molecule has 0 aromatic heterocycles. The summed E-state index contributed by atoms with van der Waals surface area (Å²) < 4.78 is 5.50. The van der Waals surface area contributed by atoms with E-state index in [1.54, 1.807) is 11.8 Å². The molecule has 1 heterocycles. The number of hydrogen-bond donors (Lipinski definition) is 0. The van der Waals surface area contributed by atoms with E-state index in [0.29, 0.717) is 17.2 Å². The van der Waals surface area contributed by atoms with Crippen LogP contribution in [-0.4, -0.2) is 40.0 Å². The van der Waals surface area contributed by atoms with E-state index in [-0.39, 0.29) is 28.8 Å². The van der Waals surface area contributed by atoms with Gasteiger partial charge in [-0.15, -0.1) is 11.8 Å². The Morgan fingerprint density at radius 3 is 2.24 bits per heavy atom. The lowest BCUT2D eigenvalue weighted by molar-refractivity contribution is -0.152. The summed E-state index contributed by atoms with van der Waals surface area (Å²) in [6.45, 7) is 10.2. The van der Waals surface area contributed by atoms with Gasteiger partial charge in [-0.05, 0) is 55.7 Å². The van der Waals surface area contributed by atoms with Crippen molar-refractivity contribution in [1.29, 1.82) is 0 Å². The van der Waals surface area contributed by atoms with Crippen molar-refractivity contribution in [3.8, 4) is 0 Å². The third-order valence-corrected chi connectivity index (χ3v) is 7.41. The maximum Gasteiger partial charge on any atom is 0.330 e. The Bertz CT molecular complexity index is 717. The first-order valence-electron chi connectivity index (χ1n) is 10.9. The molecule has 2 aliphatic rings. The van der Waals surface area contributed by atoms with Crippen molar-refractivity contribution in [2.24, 2.45) is 5.92 Å². The number of rotatable bonds is 4. The zero-order valence-electron chi connectivity index (χ0n) is 18.4. The fraction of sp³-hybridized carbons (Fsp3) is 0.667. The molecule has 1 saturated carbocycles. The van der Waals surface area contributed by atoms with Gasteiger partial charge in [-0.2, -0.15) is 0 Å². The second-order valence-electron chi connectivity index (χ2n) is 9.66. The largest absolute Gasteiger partial charge is 0.461 e. The van der Waals surface area contributed by atoms with Gasteiger partial charge >= 0.3 is 5.97 Å². The lowest BCUT2D eigenvalue weighted by atomic mass is 9.86. The van der Waals surface area contributed by atoms with Crippen molar-refractivity contribution < 1.29 is 14.3 Å². The standard InChI is InChI=1S/C24H35NO3S/c1-16(2)28-23(27)20-15-29-22(18-9-7-6-8-10-18)25(20)21(26)17-11-13-19(14-12-17)24(3,4)5/h11-14,16,18,20,22H,6-10,15H2,1-5H3. The summed E-state index contributed by atoms with van der Waals surface area (Å²) in [6.07, 6.45) is 5.79. The maximum absolute atomic E-state index is 13.6. The van der Waals surface area contributed by atoms with Gasteiger partial charge in [0.2, 0.25) is 0 Å². The van der Waals surface area contributed by atoms with E-state index in [0.717, 1.165) is 12.8 Å². The molecule has 1 amide bonds. The van der Waals surface area contributed by atoms with Crippen LogP contribution in [0.25, 0.3) is 0 Å². The smallest absolute Gasteiger partial charge is 0.330 e. The molecule has 0 radical (unpaired) electrons. The molecule has 29 heavy (non-hydrogen) atoms. The number of esters is 1. The van der Waals surface area contributed by atoms with Crippen molar-refractivity contribution in [3.05, 3.63) is 35.4 Å². The molecule has 1 aliphatic heterocycles. The third-order valence-electron chi connectivity index (χ3n) is 5.94. The van der Waals surface area contributed by atoms with Gasteiger partial charge in [-0.3, -0.25) is 4.79 Å². The summed E-state index contributed by atoms with van der Waals surface area (Å²) in [5, 5.41) is 0.0646. The Hall–Kier alpha value is -1.49. The van der Waals surface area contributed by atoms with E-state index < -0.39 is 6.04 Å². The van der Waals surface area contributed by atoms with E-state index in [1.807, 2.05) is 43.0 Å². The number of benzene rings is 1. The van der Waals surface area contributed by atoms with Gasteiger partial charge < -0.3 is 9.64 Å². The average Bonchev–Trinajstić information content (AvgIpc) is 3.12. The number of ether oxygens (including phenoxy) is 1. The van der Waals surface area contributed by atoms with E-state index >= 15 is 0 Å². The number of thioether (sulfide) groups is 1. The minimum atomic E-state index is -0.496. The molecule has 1 aromatic rings. The van der Waals surface area contributed by atoms with Gasteiger partial charge in [0.25, 0.3) is 5.91 Å². The summed E-state index contributed by atoms with van der Waals surface area (Å²) in [5.41, 5.74) is 1.90. The van der Waals surface area contributed by atoms with E-state index in [4.69, 9.17) is 4.74 Å². The number of hydrogen-bond acceptors (Lipinski definition) is 4. The van der Waals surface area contributed by atoms with Crippen LogP contribution >= 0.6 is 11.8 Å². The van der Waals surface area contributed by atoms with Crippen LogP contribution in [0.4, 0.5) is 0 Å². The first-order chi connectivity index (χ1) is 13.7. The quantitative estimate of drug-likeness (QED) is 0.616. The van der Waals surface area contributed by atoms with Gasteiger partial charge in [0, 0.05) is 11.3 Å². The van der Waals surface area contributed by atoms with Crippen LogP contribution in [0.2, 0.25) is 0 Å². The molecule has 4 nitrogen and oxygen atoms in total. The van der Waals surface area contributed by atoms with Gasteiger partial charge in [-0.25, -0.2) is 4.79 Å². The molecule has 1 saturated heterocycles. The molecule has 2 unspecified atom stereocenters. The fourth-order valence-electron chi connectivity index (χ4n) is 4.32. The first kappa shape index (κ1) is 22.2. The molecule has 5 heteroatoms. The van der Waals surface area contributed by atoms with E-state index in [9.17, 15) is 9.59 Å². The van der Waals surface area contributed by atoms with Crippen LogP contribution in [-0.2, 0) is 14.9 Å². The second kappa shape index (κ2) is 9.11. The van der Waals surface area contributed by atoms with Gasteiger partial charge in [0.15, 0.2) is 0 Å². The third kappa shape index (κ3) is 5.17. The van der Waals surface area contributed by atoms with Gasteiger partial charge in [-0.1, -0.05) is 52.2 Å².